The van der Waals surface area contributed by atoms with Gasteiger partial charge in [0.25, 0.3) is 0 Å². The average Bonchev–Trinajstić information content (AvgIpc) is 2.82. The van der Waals surface area contributed by atoms with Crippen LogP contribution in [-0.4, -0.2) is 66.0 Å². The fourth-order valence-electron chi connectivity index (χ4n) is 3.27. The lowest BCUT2D eigenvalue weighted by atomic mass is 10.1. The van der Waals surface area contributed by atoms with Crippen LogP contribution in [0.3, 0.4) is 0 Å². The molecule has 1 aliphatic heterocycles. The first-order chi connectivity index (χ1) is 15.0. The molecule has 0 aromatic heterocycles. The minimum Gasteiger partial charge on any atom is -0.493 e. The van der Waals surface area contributed by atoms with Crippen molar-refractivity contribution in [2.75, 3.05) is 64.4 Å². The van der Waals surface area contributed by atoms with Crippen LogP contribution < -0.4 is 29.7 Å². The summed E-state index contributed by atoms with van der Waals surface area (Å²) >= 11 is 0. The van der Waals surface area contributed by atoms with Gasteiger partial charge in [0.1, 0.15) is 0 Å². The molecule has 9 heteroatoms. The summed E-state index contributed by atoms with van der Waals surface area (Å²) in [6, 6.07) is 10.0. The molecule has 0 saturated carbocycles. The highest BCUT2D eigenvalue weighted by molar-refractivity contribution is 6.01. The van der Waals surface area contributed by atoms with Crippen LogP contribution in [0.5, 0.6) is 17.2 Å². The van der Waals surface area contributed by atoms with Crippen LogP contribution >= 0.6 is 0 Å². The zero-order valence-electron chi connectivity index (χ0n) is 17.9. The third-order valence-electron chi connectivity index (χ3n) is 4.90. The molecule has 2 aromatic carbocycles. The Labute approximate surface area is 181 Å². The number of ether oxygens (including phenoxy) is 4. The van der Waals surface area contributed by atoms with Crippen molar-refractivity contribution in [3.8, 4) is 17.2 Å². The topological polar surface area (TPSA) is 98.4 Å². The van der Waals surface area contributed by atoms with Crippen molar-refractivity contribution in [3.05, 3.63) is 42.0 Å². The molecule has 2 aromatic rings. The summed E-state index contributed by atoms with van der Waals surface area (Å²) in [6.07, 6.45) is 0. The van der Waals surface area contributed by atoms with Gasteiger partial charge in [0.05, 0.1) is 46.8 Å². The Hall–Kier alpha value is -3.46. The van der Waals surface area contributed by atoms with Gasteiger partial charge >= 0.3 is 6.03 Å². The van der Waals surface area contributed by atoms with Crippen molar-refractivity contribution in [1.82, 2.24) is 5.32 Å². The van der Waals surface area contributed by atoms with E-state index >= 15 is 0 Å². The zero-order valence-corrected chi connectivity index (χ0v) is 17.9. The lowest BCUT2D eigenvalue weighted by Crippen LogP contribution is -2.36. The summed E-state index contributed by atoms with van der Waals surface area (Å²) in [5.41, 5.74) is 2.02. The molecule has 1 aliphatic rings. The molecule has 166 valence electrons. The minimum atomic E-state index is -0.521. The maximum absolute atomic E-state index is 12.4. The molecule has 9 nitrogen and oxygen atoms in total. The highest BCUT2D eigenvalue weighted by Crippen LogP contribution is 2.39. The number of methoxy groups -OCH3 is 3. The summed E-state index contributed by atoms with van der Waals surface area (Å²) in [5.74, 6) is 1.06. The molecule has 0 unspecified atom stereocenters. The quantitative estimate of drug-likeness (QED) is 0.622. The first kappa shape index (κ1) is 22.2. The number of amides is 2. The van der Waals surface area contributed by atoms with E-state index in [9.17, 15) is 9.59 Å². The molecule has 2 amide bonds. The third kappa shape index (κ3) is 5.58. The summed E-state index contributed by atoms with van der Waals surface area (Å²) < 4.78 is 21.2. The number of carbonyl (C=O) groups is 2. The number of Topliss-reactive ketones (excluding diaryl/α,β-unsaturated/α-hetero) is 1. The van der Waals surface area contributed by atoms with Crippen LogP contribution in [0.2, 0.25) is 0 Å². The summed E-state index contributed by atoms with van der Waals surface area (Å²) in [4.78, 5) is 26.9. The van der Waals surface area contributed by atoms with E-state index in [1.54, 1.807) is 24.3 Å². The zero-order chi connectivity index (χ0) is 22.2. The van der Waals surface area contributed by atoms with Crippen LogP contribution in [0.15, 0.2) is 36.4 Å². The second kappa shape index (κ2) is 10.5. The summed E-state index contributed by atoms with van der Waals surface area (Å²) in [6.45, 7) is 2.93. The SMILES string of the molecule is COc1cc(NC(=O)NCC(=O)c2ccc(N3CCOCC3)cc2)cc(OC)c1OC. The Kier molecular flexibility index (Phi) is 7.55. The predicted molar refractivity (Wildman–Crippen MR) is 117 cm³/mol. The fraction of sp³-hybridized carbons (Fsp3) is 0.364. The lowest BCUT2D eigenvalue weighted by molar-refractivity contribution is 0.0993. The van der Waals surface area contributed by atoms with Crippen LogP contribution in [0.25, 0.3) is 0 Å². The predicted octanol–water partition coefficient (Wildman–Crippen LogP) is 2.55. The number of anilines is 2. The van der Waals surface area contributed by atoms with Crippen molar-refractivity contribution < 1.29 is 28.5 Å². The van der Waals surface area contributed by atoms with E-state index in [1.165, 1.54) is 21.3 Å². The second-order valence-electron chi connectivity index (χ2n) is 6.79. The number of hydrogen-bond donors (Lipinski definition) is 2. The van der Waals surface area contributed by atoms with Gasteiger partial charge in [-0.2, -0.15) is 0 Å². The molecule has 1 heterocycles. The molecule has 0 aliphatic carbocycles. The number of benzene rings is 2. The number of rotatable bonds is 8. The Morgan fingerprint density at radius 1 is 0.968 bits per heavy atom. The summed E-state index contributed by atoms with van der Waals surface area (Å²) in [5, 5.41) is 5.24. The number of nitrogens with zero attached hydrogens (tertiary/aromatic N) is 1. The van der Waals surface area contributed by atoms with Crippen molar-refractivity contribution in [2.24, 2.45) is 0 Å². The molecule has 2 N–H and O–H groups in total. The molecule has 1 saturated heterocycles. The third-order valence-corrected chi connectivity index (χ3v) is 4.90. The van der Waals surface area contributed by atoms with Crippen LogP contribution in [0.1, 0.15) is 10.4 Å². The van der Waals surface area contributed by atoms with Gasteiger partial charge < -0.3 is 34.5 Å². The smallest absolute Gasteiger partial charge is 0.319 e. The number of morpholine rings is 1. The van der Waals surface area contributed by atoms with Crippen molar-refractivity contribution in [2.45, 2.75) is 0 Å². The van der Waals surface area contributed by atoms with E-state index in [1.807, 2.05) is 12.1 Å². The van der Waals surface area contributed by atoms with Gasteiger partial charge in [-0.1, -0.05) is 0 Å². The monoisotopic (exact) mass is 429 g/mol. The minimum absolute atomic E-state index is 0.132. The first-order valence-electron chi connectivity index (χ1n) is 9.86. The van der Waals surface area contributed by atoms with E-state index in [4.69, 9.17) is 18.9 Å². The largest absolute Gasteiger partial charge is 0.493 e. The number of ketones is 1. The Bertz CT molecular complexity index is 885. The Balaban J connectivity index is 1.56. The van der Waals surface area contributed by atoms with Gasteiger partial charge in [-0.15, -0.1) is 0 Å². The summed E-state index contributed by atoms with van der Waals surface area (Å²) in [7, 11) is 4.48. The maximum atomic E-state index is 12.4. The highest BCUT2D eigenvalue weighted by Gasteiger charge is 2.16. The van der Waals surface area contributed by atoms with Crippen LogP contribution in [0, 0.1) is 0 Å². The first-order valence-corrected chi connectivity index (χ1v) is 9.86. The molecule has 3 rings (SSSR count). The number of hydrogen-bond acceptors (Lipinski definition) is 7. The van der Waals surface area contributed by atoms with E-state index in [0.717, 1.165) is 18.8 Å². The fourth-order valence-corrected chi connectivity index (χ4v) is 3.27. The molecular weight excluding hydrogens is 402 g/mol. The number of nitrogens with one attached hydrogen (secondary N) is 2. The van der Waals surface area contributed by atoms with Crippen molar-refractivity contribution in [1.29, 1.82) is 0 Å². The number of carbonyl (C=O) groups excluding carboxylic acids is 2. The van der Waals surface area contributed by atoms with Gasteiger partial charge in [-0.3, -0.25) is 4.79 Å². The number of urea groups is 1. The van der Waals surface area contributed by atoms with Gasteiger partial charge in [0.2, 0.25) is 5.75 Å². The molecule has 1 fully saturated rings. The van der Waals surface area contributed by atoms with Gasteiger partial charge in [0, 0.05) is 36.5 Å². The molecule has 0 spiro atoms. The highest BCUT2D eigenvalue weighted by atomic mass is 16.5. The van der Waals surface area contributed by atoms with Gasteiger partial charge in [-0.05, 0) is 24.3 Å². The second-order valence-corrected chi connectivity index (χ2v) is 6.79. The van der Waals surface area contributed by atoms with Crippen LogP contribution in [0.4, 0.5) is 16.2 Å². The Morgan fingerprint density at radius 2 is 1.58 bits per heavy atom. The van der Waals surface area contributed by atoms with E-state index in [-0.39, 0.29) is 12.3 Å². The van der Waals surface area contributed by atoms with Gasteiger partial charge in [0.15, 0.2) is 17.3 Å². The normalized spacial score (nSPS) is 13.3. The van der Waals surface area contributed by atoms with E-state index in [0.29, 0.717) is 41.7 Å². The standard InChI is InChI=1S/C22H27N3O6/c1-28-19-12-16(13-20(29-2)21(19)30-3)24-22(27)23-14-18(26)15-4-6-17(7-5-15)25-8-10-31-11-9-25/h4-7,12-13H,8-11,14H2,1-3H3,(H2,23,24,27). The average molecular weight is 429 g/mol. The Morgan fingerprint density at radius 3 is 2.13 bits per heavy atom. The van der Waals surface area contributed by atoms with Crippen LogP contribution in [-0.2, 0) is 4.74 Å². The van der Waals surface area contributed by atoms with Gasteiger partial charge in [-0.25, -0.2) is 4.79 Å². The van der Waals surface area contributed by atoms with E-state index in [2.05, 4.69) is 15.5 Å². The molecule has 0 radical (unpaired) electrons. The van der Waals surface area contributed by atoms with E-state index < -0.39 is 6.03 Å². The maximum Gasteiger partial charge on any atom is 0.319 e. The molecular formula is C22H27N3O6. The molecule has 31 heavy (non-hydrogen) atoms. The van der Waals surface area contributed by atoms with Crippen molar-refractivity contribution >= 4 is 23.2 Å². The van der Waals surface area contributed by atoms with Crippen molar-refractivity contribution in [3.63, 3.8) is 0 Å². The molecule has 0 bridgehead atoms. The lowest BCUT2D eigenvalue weighted by Gasteiger charge is -2.28. The molecule has 0 atom stereocenters.